The van der Waals surface area contributed by atoms with E-state index in [2.05, 4.69) is 40.3 Å². The Balaban J connectivity index is 0.000000253. The van der Waals surface area contributed by atoms with E-state index in [-0.39, 0.29) is 28.9 Å². The molecule has 0 N–H and O–H groups in total. The molecule has 37 heavy (non-hydrogen) atoms. The quantitative estimate of drug-likeness (QED) is 0.160. The number of rotatable bonds is 6. The van der Waals surface area contributed by atoms with Crippen molar-refractivity contribution >= 4 is 23.2 Å². The average Bonchev–Trinajstić information content (AvgIpc) is 2.96. The molecule has 10 nitrogen and oxygen atoms in total. The minimum atomic E-state index is -0.376. The summed E-state index contributed by atoms with van der Waals surface area (Å²) in [6, 6.07) is 17.6. The molecule has 186 valence electrons. The van der Waals surface area contributed by atoms with Gasteiger partial charge in [0.05, 0.1) is 23.8 Å². The summed E-state index contributed by atoms with van der Waals surface area (Å²) in [5.74, 6) is -0.752. The van der Waals surface area contributed by atoms with Crippen LogP contribution in [0.4, 0.5) is 0 Å². The van der Waals surface area contributed by atoms with Gasteiger partial charge in [-0.3, -0.25) is 19.9 Å². The molecule has 2 aromatic heterocycles. The molecular formula is C26H22FeN8O2. The second-order valence-corrected chi connectivity index (χ2v) is 7.09. The van der Waals surface area contributed by atoms with Gasteiger partial charge in [-0.15, -0.1) is 0 Å². The first-order valence-electron chi connectivity index (χ1n) is 10.8. The van der Waals surface area contributed by atoms with E-state index in [1.807, 2.05) is 12.1 Å². The van der Waals surface area contributed by atoms with E-state index in [1.165, 1.54) is 0 Å². The zero-order valence-corrected chi connectivity index (χ0v) is 21.1. The van der Waals surface area contributed by atoms with Crippen molar-refractivity contribution in [1.29, 1.82) is 0 Å². The molecule has 0 aliphatic rings. The average molecular weight is 534 g/mol. The summed E-state index contributed by atoms with van der Waals surface area (Å²) in [5, 5.41) is 38.4. The van der Waals surface area contributed by atoms with E-state index in [4.69, 9.17) is 0 Å². The second-order valence-electron chi connectivity index (χ2n) is 7.09. The Hall–Kier alpha value is -4.60. The van der Waals surface area contributed by atoms with Gasteiger partial charge < -0.3 is 10.2 Å². The molecule has 4 aromatic rings. The van der Waals surface area contributed by atoms with Crippen LogP contribution < -0.4 is 10.2 Å². The van der Waals surface area contributed by atoms with Crippen molar-refractivity contribution in [2.75, 3.05) is 0 Å². The largest absolute Gasteiger partial charge is 2.00 e. The zero-order valence-electron chi connectivity index (χ0n) is 20.0. The molecule has 0 bridgehead atoms. The summed E-state index contributed by atoms with van der Waals surface area (Å²) in [6.07, 6.45) is 9.41. The predicted molar refractivity (Wildman–Crippen MR) is 134 cm³/mol. The Bertz CT molecular complexity index is 1130. The van der Waals surface area contributed by atoms with Crippen LogP contribution in [-0.2, 0) is 17.1 Å². The first-order valence-corrected chi connectivity index (χ1v) is 10.8. The molecule has 4 rings (SSSR count). The normalized spacial score (nSPS) is 12.2. The molecule has 0 saturated heterocycles. The maximum atomic E-state index is 11.7. The van der Waals surface area contributed by atoms with E-state index < -0.39 is 0 Å². The van der Waals surface area contributed by atoms with Gasteiger partial charge in [-0.25, -0.2) is 0 Å². The fourth-order valence-electron chi connectivity index (χ4n) is 2.59. The molecule has 0 saturated carbocycles. The van der Waals surface area contributed by atoms with Crippen molar-refractivity contribution in [3.05, 3.63) is 120 Å². The zero-order chi connectivity index (χ0) is 25.6. The predicted octanol–water partition coefficient (Wildman–Crippen LogP) is 2.01. The van der Waals surface area contributed by atoms with Crippen LogP contribution in [0, 0.1) is 0 Å². The first kappa shape index (κ1) is 28.6. The molecule has 0 aliphatic carbocycles. The van der Waals surface area contributed by atoms with Crippen LogP contribution in [0.5, 0.6) is 0 Å². The van der Waals surface area contributed by atoms with Crippen LogP contribution in [0.2, 0.25) is 0 Å². The summed E-state index contributed by atoms with van der Waals surface area (Å²) in [6.45, 7) is 3.46. The van der Waals surface area contributed by atoms with E-state index in [0.29, 0.717) is 33.9 Å². The molecule has 2 aromatic carbocycles. The van der Waals surface area contributed by atoms with E-state index in [9.17, 15) is 10.2 Å². The number of aromatic nitrogens is 4. The van der Waals surface area contributed by atoms with Crippen molar-refractivity contribution in [1.82, 2.24) is 19.9 Å². The third kappa shape index (κ3) is 9.52. The molecule has 0 atom stereocenters. The topological polar surface area (TPSA) is 147 Å². The fourth-order valence-corrected chi connectivity index (χ4v) is 2.59. The van der Waals surface area contributed by atoms with Gasteiger partial charge in [0, 0.05) is 36.6 Å². The minimum Gasteiger partial charge on any atom is -0.857 e. The monoisotopic (exact) mass is 534 g/mol. The van der Waals surface area contributed by atoms with Gasteiger partial charge in [0.15, 0.2) is 0 Å². The van der Waals surface area contributed by atoms with E-state index >= 15 is 0 Å². The Morgan fingerprint density at radius 3 is 1.27 bits per heavy atom. The van der Waals surface area contributed by atoms with Gasteiger partial charge in [-0.1, -0.05) is 60.7 Å². The standard InChI is InChI=1S/2C13H12N4O.Fe/c2*1-10(12-9-14-7-8-15-12)16-17-13(18)11-5-3-2-4-6-11;/h2*2-9H,1H3,(H,17,18);/q;;+2/p-2/b2*16-10+;. The van der Waals surface area contributed by atoms with E-state index in [1.54, 1.807) is 99.6 Å². The van der Waals surface area contributed by atoms with Crippen molar-refractivity contribution in [2.45, 2.75) is 13.8 Å². The van der Waals surface area contributed by atoms with Gasteiger partial charge in [0.2, 0.25) is 0 Å². The Morgan fingerprint density at radius 1 is 0.568 bits per heavy atom. The summed E-state index contributed by atoms with van der Waals surface area (Å²) in [5.41, 5.74) is 3.31. The van der Waals surface area contributed by atoms with Gasteiger partial charge in [0.1, 0.15) is 11.4 Å². The maximum absolute atomic E-state index is 11.7. The molecule has 0 fully saturated rings. The minimum absolute atomic E-state index is 0. The summed E-state index contributed by atoms with van der Waals surface area (Å²) in [4.78, 5) is 16.0. The summed E-state index contributed by atoms with van der Waals surface area (Å²) >= 11 is 0. The van der Waals surface area contributed by atoms with Gasteiger partial charge in [-0.2, -0.15) is 20.4 Å². The van der Waals surface area contributed by atoms with Gasteiger partial charge in [-0.05, 0) is 25.0 Å². The Labute approximate surface area is 224 Å². The van der Waals surface area contributed by atoms with Crippen molar-refractivity contribution in [3.63, 3.8) is 0 Å². The molecule has 0 spiro atoms. The first-order chi connectivity index (χ1) is 17.5. The van der Waals surface area contributed by atoms with Crippen LogP contribution in [0.15, 0.2) is 118 Å². The van der Waals surface area contributed by atoms with Crippen LogP contribution in [-0.4, -0.2) is 43.2 Å². The molecular weight excluding hydrogens is 512 g/mol. The van der Waals surface area contributed by atoms with Gasteiger partial charge >= 0.3 is 17.1 Å². The third-order valence-corrected chi connectivity index (χ3v) is 4.49. The van der Waals surface area contributed by atoms with E-state index in [0.717, 1.165) is 0 Å². The third-order valence-electron chi connectivity index (χ3n) is 4.49. The number of hydrogen-bond acceptors (Lipinski definition) is 10. The molecule has 11 heteroatoms. The van der Waals surface area contributed by atoms with Crippen LogP contribution in [0.1, 0.15) is 36.4 Å². The molecule has 0 unspecified atom stereocenters. The van der Waals surface area contributed by atoms with Gasteiger partial charge in [0.25, 0.3) is 0 Å². The molecule has 0 amide bonds. The van der Waals surface area contributed by atoms with Crippen molar-refractivity contribution in [3.8, 4) is 0 Å². The maximum Gasteiger partial charge on any atom is 2.00 e. The molecule has 0 aliphatic heterocycles. The van der Waals surface area contributed by atoms with Crippen LogP contribution >= 0.6 is 0 Å². The molecule has 0 radical (unpaired) electrons. The smallest absolute Gasteiger partial charge is 0.857 e. The number of benzene rings is 2. The Morgan fingerprint density at radius 2 is 0.946 bits per heavy atom. The SMILES string of the molecule is C/C(=N\N=C(/[O-])c1ccccc1)c1cnccn1.C/C(=N\N=C(/[O-])c1ccccc1)c1cnccn1.[Fe+2]. The van der Waals surface area contributed by atoms with Crippen LogP contribution in [0.25, 0.3) is 0 Å². The number of nitrogens with zero attached hydrogens (tertiary/aromatic N) is 8. The van der Waals surface area contributed by atoms with Crippen LogP contribution in [0.3, 0.4) is 0 Å². The summed E-state index contributed by atoms with van der Waals surface area (Å²) < 4.78 is 0. The Kier molecular flexibility index (Phi) is 11.9. The molecule has 2 heterocycles. The fraction of sp³-hybridized carbons (Fsp3) is 0.0769. The van der Waals surface area contributed by atoms with Crippen molar-refractivity contribution < 1.29 is 27.3 Å². The van der Waals surface area contributed by atoms with Crippen molar-refractivity contribution in [2.24, 2.45) is 20.4 Å². The summed E-state index contributed by atoms with van der Waals surface area (Å²) in [7, 11) is 0. The number of hydrogen-bond donors (Lipinski definition) is 0. The second kappa shape index (κ2) is 15.4.